The minimum Gasteiger partial charge on any atom is -0.372 e. The molecule has 0 atom stereocenters. The van der Waals surface area contributed by atoms with Crippen molar-refractivity contribution >= 4 is 5.70 Å². The molecule has 2 aromatic rings. The van der Waals surface area contributed by atoms with Gasteiger partial charge in [0, 0.05) is 36.1 Å². The van der Waals surface area contributed by atoms with Crippen LogP contribution >= 0.6 is 0 Å². The third-order valence-electron chi connectivity index (χ3n) is 5.55. The number of aromatic nitrogens is 1. The molecule has 3 rings (SSSR count). The van der Waals surface area contributed by atoms with Gasteiger partial charge < -0.3 is 10.2 Å². The van der Waals surface area contributed by atoms with Crippen LogP contribution in [0.15, 0.2) is 37.2 Å². The molecule has 1 saturated heterocycles. The highest BCUT2D eigenvalue weighted by molar-refractivity contribution is 5.74. The van der Waals surface area contributed by atoms with Gasteiger partial charge in [-0.3, -0.25) is 4.98 Å². The van der Waals surface area contributed by atoms with Crippen LogP contribution in [0.1, 0.15) is 29.5 Å². The summed E-state index contributed by atoms with van der Waals surface area (Å²) in [6.45, 7) is 11.7. The molecule has 0 spiro atoms. The van der Waals surface area contributed by atoms with Gasteiger partial charge in [0.1, 0.15) is 5.82 Å². The number of nitrogens with zero attached hydrogens (tertiary/aromatic N) is 2. The van der Waals surface area contributed by atoms with Gasteiger partial charge in [0.15, 0.2) is 0 Å². The van der Waals surface area contributed by atoms with Gasteiger partial charge >= 0.3 is 0 Å². The van der Waals surface area contributed by atoms with Crippen molar-refractivity contribution in [3.63, 3.8) is 0 Å². The predicted molar refractivity (Wildman–Crippen MR) is 106 cm³/mol. The molecule has 4 heteroatoms. The summed E-state index contributed by atoms with van der Waals surface area (Å²) >= 11 is 0. The van der Waals surface area contributed by atoms with Crippen molar-refractivity contribution in [1.29, 1.82) is 0 Å². The predicted octanol–water partition coefficient (Wildman–Crippen LogP) is 4.41. The van der Waals surface area contributed by atoms with Gasteiger partial charge in [-0.15, -0.1) is 0 Å². The van der Waals surface area contributed by atoms with E-state index in [2.05, 4.69) is 41.7 Å². The molecule has 0 bridgehead atoms. The van der Waals surface area contributed by atoms with Crippen LogP contribution in [0.3, 0.4) is 0 Å². The summed E-state index contributed by atoms with van der Waals surface area (Å²) in [6.07, 6.45) is 5.26. The Bertz CT molecular complexity index is 792. The number of piperidine rings is 1. The fourth-order valence-electron chi connectivity index (χ4n) is 3.79. The summed E-state index contributed by atoms with van der Waals surface area (Å²) in [5, 5.41) is 3.28. The summed E-state index contributed by atoms with van der Waals surface area (Å²) in [4.78, 5) is 6.23. The van der Waals surface area contributed by atoms with E-state index in [4.69, 9.17) is 0 Å². The number of pyridine rings is 1. The molecule has 1 aromatic carbocycles. The lowest BCUT2D eigenvalue weighted by atomic mass is 9.92. The molecule has 26 heavy (non-hydrogen) atoms. The molecule has 0 aliphatic carbocycles. The second kappa shape index (κ2) is 8.00. The molecule has 0 amide bonds. The topological polar surface area (TPSA) is 28.2 Å². The first-order valence-corrected chi connectivity index (χ1v) is 9.31. The van der Waals surface area contributed by atoms with Crippen molar-refractivity contribution in [3.8, 4) is 11.1 Å². The van der Waals surface area contributed by atoms with Crippen LogP contribution in [0.25, 0.3) is 16.8 Å². The number of likely N-dealkylation sites (tertiary alicyclic amines) is 1. The highest BCUT2D eigenvalue weighted by atomic mass is 19.1. The quantitative estimate of drug-likeness (QED) is 0.863. The summed E-state index contributed by atoms with van der Waals surface area (Å²) in [5.74, 6) is 0.448. The van der Waals surface area contributed by atoms with E-state index in [0.29, 0.717) is 5.56 Å². The van der Waals surface area contributed by atoms with E-state index in [0.717, 1.165) is 47.9 Å². The SMILES string of the molecule is C=C(c1cc(-c2ccncc2F)cc(C)c1C)N1CCC(CNC)CC1. The maximum atomic E-state index is 14.2. The average molecular weight is 353 g/mol. The molecule has 0 unspecified atom stereocenters. The van der Waals surface area contributed by atoms with E-state index in [1.807, 2.05) is 13.1 Å². The minimum absolute atomic E-state index is 0.291. The van der Waals surface area contributed by atoms with E-state index in [-0.39, 0.29) is 5.82 Å². The standard InChI is InChI=1S/C22H28FN3/c1-15-11-19(20-5-8-25-14-22(20)23)12-21(16(15)2)17(3)26-9-6-18(7-10-26)13-24-4/h5,8,11-12,14,18,24H,3,6-7,9-10,13H2,1-2,4H3. The third kappa shape index (κ3) is 3.80. The molecule has 0 radical (unpaired) electrons. The van der Waals surface area contributed by atoms with E-state index < -0.39 is 0 Å². The Morgan fingerprint density at radius 3 is 2.69 bits per heavy atom. The van der Waals surface area contributed by atoms with Gasteiger partial charge in [0.25, 0.3) is 0 Å². The summed E-state index contributed by atoms with van der Waals surface area (Å²) < 4.78 is 14.2. The average Bonchev–Trinajstić information content (AvgIpc) is 2.65. The van der Waals surface area contributed by atoms with Crippen LogP contribution in [-0.2, 0) is 0 Å². The Morgan fingerprint density at radius 1 is 1.31 bits per heavy atom. The van der Waals surface area contributed by atoms with Crippen LogP contribution in [0, 0.1) is 25.6 Å². The lowest BCUT2D eigenvalue weighted by molar-refractivity contribution is 0.253. The Labute approximate surface area is 156 Å². The lowest BCUT2D eigenvalue weighted by Crippen LogP contribution is -2.35. The number of hydrogen-bond donors (Lipinski definition) is 1. The van der Waals surface area contributed by atoms with Crippen LogP contribution in [0.5, 0.6) is 0 Å². The number of rotatable bonds is 5. The van der Waals surface area contributed by atoms with Crippen molar-refractivity contribution in [2.24, 2.45) is 5.92 Å². The number of aryl methyl sites for hydroxylation is 1. The highest BCUT2D eigenvalue weighted by Crippen LogP contribution is 2.32. The van der Waals surface area contributed by atoms with Crippen LogP contribution in [0.2, 0.25) is 0 Å². The van der Waals surface area contributed by atoms with Crippen molar-refractivity contribution in [1.82, 2.24) is 15.2 Å². The van der Waals surface area contributed by atoms with E-state index in [1.54, 1.807) is 12.3 Å². The maximum absolute atomic E-state index is 14.2. The molecule has 1 N–H and O–H groups in total. The zero-order valence-corrected chi connectivity index (χ0v) is 16.0. The lowest BCUT2D eigenvalue weighted by Gasteiger charge is -2.35. The largest absolute Gasteiger partial charge is 0.372 e. The molecular formula is C22H28FN3. The smallest absolute Gasteiger partial charge is 0.149 e. The highest BCUT2D eigenvalue weighted by Gasteiger charge is 2.21. The van der Waals surface area contributed by atoms with Crippen LogP contribution < -0.4 is 5.32 Å². The molecule has 1 aliphatic heterocycles. The molecule has 138 valence electrons. The zero-order chi connectivity index (χ0) is 18.7. The van der Waals surface area contributed by atoms with E-state index in [1.165, 1.54) is 24.6 Å². The molecule has 3 nitrogen and oxygen atoms in total. The zero-order valence-electron chi connectivity index (χ0n) is 16.0. The van der Waals surface area contributed by atoms with Crippen LogP contribution in [0.4, 0.5) is 4.39 Å². The van der Waals surface area contributed by atoms with Crippen molar-refractivity contribution in [3.05, 3.63) is 59.7 Å². The first-order valence-electron chi connectivity index (χ1n) is 9.31. The van der Waals surface area contributed by atoms with Crippen molar-refractivity contribution in [2.75, 3.05) is 26.7 Å². The number of nitrogens with one attached hydrogen (secondary N) is 1. The molecule has 1 fully saturated rings. The second-order valence-corrected chi connectivity index (χ2v) is 7.26. The second-order valence-electron chi connectivity index (χ2n) is 7.26. The van der Waals surface area contributed by atoms with Crippen molar-refractivity contribution < 1.29 is 4.39 Å². The number of benzene rings is 1. The van der Waals surface area contributed by atoms with Crippen molar-refractivity contribution in [2.45, 2.75) is 26.7 Å². The van der Waals surface area contributed by atoms with Gasteiger partial charge in [0.2, 0.25) is 0 Å². The Kier molecular flexibility index (Phi) is 5.72. The van der Waals surface area contributed by atoms with Gasteiger partial charge in [-0.25, -0.2) is 4.39 Å². The normalized spacial score (nSPS) is 15.3. The Hall–Kier alpha value is -2.20. The Balaban J connectivity index is 1.88. The fourth-order valence-corrected chi connectivity index (χ4v) is 3.79. The molecule has 2 heterocycles. The van der Waals surface area contributed by atoms with Gasteiger partial charge in [-0.05, 0) is 75.0 Å². The third-order valence-corrected chi connectivity index (χ3v) is 5.55. The number of halogens is 1. The van der Waals surface area contributed by atoms with Gasteiger partial charge in [-0.1, -0.05) is 12.6 Å². The number of hydrogen-bond acceptors (Lipinski definition) is 3. The summed E-state index contributed by atoms with van der Waals surface area (Å²) in [5.41, 5.74) is 6.00. The monoisotopic (exact) mass is 353 g/mol. The first kappa shape index (κ1) is 18.6. The molecule has 1 aliphatic rings. The maximum Gasteiger partial charge on any atom is 0.149 e. The van der Waals surface area contributed by atoms with E-state index >= 15 is 0 Å². The fraction of sp³-hybridized carbons (Fsp3) is 0.409. The van der Waals surface area contributed by atoms with E-state index in [9.17, 15) is 4.39 Å². The first-order chi connectivity index (χ1) is 12.5. The molecular weight excluding hydrogens is 325 g/mol. The van der Waals surface area contributed by atoms with Gasteiger partial charge in [0.05, 0.1) is 6.20 Å². The van der Waals surface area contributed by atoms with Gasteiger partial charge in [-0.2, -0.15) is 0 Å². The molecule has 0 saturated carbocycles. The molecule has 1 aromatic heterocycles. The van der Waals surface area contributed by atoms with Crippen LogP contribution in [-0.4, -0.2) is 36.6 Å². The Morgan fingerprint density at radius 2 is 2.04 bits per heavy atom. The minimum atomic E-state index is -0.291. The summed E-state index contributed by atoms with van der Waals surface area (Å²) in [6, 6.07) is 5.85. The summed E-state index contributed by atoms with van der Waals surface area (Å²) in [7, 11) is 2.02.